The number of anilines is 1. The van der Waals surface area contributed by atoms with E-state index in [9.17, 15) is 9.59 Å². The summed E-state index contributed by atoms with van der Waals surface area (Å²) in [5.41, 5.74) is 0.778. The zero-order valence-electron chi connectivity index (χ0n) is 14.1. The predicted octanol–water partition coefficient (Wildman–Crippen LogP) is 2.74. The third kappa shape index (κ3) is 4.17. The van der Waals surface area contributed by atoms with Crippen molar-refractivity contribution in [2.75, 3.05) is 25.7 Å². The van der Waals surface area contributed by atoms with E-state index in [1.54, 1.807) is 53.6 Å². The highest BCUT2D eigenvalue weighted by Gasteiger charge is 2.27. The van der Waals surface area contributed by atoms with Crippen LogP contribution in [0.25, 0.3) is 0 Å². The minimum absolute atomic E-state index is 0.0558. The zero-order chi connectivity index (χ0) is 18.2. The summed E-state index contributed by atoms with van der Waals surface area (Å²) in [6, 6.07) is 7.10. The maximum atomic E-state index is 12.3. The minimum Gasteiger partial charge on any atom is -0.489 e. The molecule has 0 radical (unpaired) electrons. The molecule has 0 saturated heterocycles. The Kier molecular flexibility index (Phi) is 6.17. The molecular formula is C19H19NO5. The Morgan fingerprint density at radius 3 is 2.60 bits per heavy atom. The topological polar surface area (TPSA) is 65.1 Å². The van der Waals surface area contributed by atoms with E-state index in [-0.39, 0.29) is 11.3 Å². The van der Waals surface area contributed by atoms with Crippen LogP contribution < -0.4 is 9.64 Å². The molecule has 0 amide bonds. The van der Waals surface area contributed by atoms with Gasteiger partial charge in [0.1, 0.15) is 18.1 Å². The molecule has 1 aromatic rings. The molecule has 2 rings (SSSR count). The molecule has 0 spiro atoms. The summed E-state index contributed by atoms with van der Waals surface area (Å²) < 4.78 is 15.2. The molecule has 6 heteroatoms. The highest BCUT2D eigenvalue weighted by Crippen LogP contribution is 2.28. The summed E-state index contributed by atoms with van der Waals surface area (Å²) in [6.07, 6.45) is 8.15. The van der Waals surface area contributed by atoms with Gasteiger partial charge in [-0.1, -0.05) is 24.8 Å². The molecule has 0 fully saturated rings. The normalized spacial score (nSPS) is 13.3. The lowest BCUT2D eigenvalue weighted by Gasteiger charge is -2.23. The van der Waals surface area contributed by atoms with Crippen LogP contribution in [-0.2, 0) is 19.1 Å². The Hall–Kier alpha value is -3.28. The lowest BCUT2D eigenvalue weighted by atomic mass is 10.1. The van der Waals surface area contributed by atoms with Crippen LogP contribution in [0.5, 0.6) is 5.75 Å². The van der Waals surface area contributed by atoms with Crippen molar-refractivity contribution in [2.24, 2.45) is 0 Å². The van der Waals surface area contributed by atoms with Crippen molar-refractivity contribution in [1.82, 2.24) is 0 Å². The fourth-order valence-electron chi connectivity index (χ4n) is 2.24. The van der Waals surface area contributed by atoms with E-state index >= 15 is 0 Å². The Morgan fingerprint density at radius 2 is 1.92 bits per heavy atom. The summed E-state index contributed by atoms with van der Waals surface area (Å²) >= 11 is 0. The molecule has 0 aromatic heterocycles. The van der Waals surface area contributed by atoms with Crippen molar-refractivity contribution in [3.05, 3.63) is 72.6 Å². The first-order valence-corrected chi connectivity index (χ1v) is 7.51. The van der Waals surface area contributed by atoms with E-state index in [1.165, 1.54) is 20.3 Å². The molecule has 25 heavy (non-hydrogen) atoms. The van der Waals surface area contributed by atoms with E-state index in [0.717, 1.165) is 0 Å². The van der Waals surface area contributed by atoms with Crippen molar-refractivity contribution >= 4 is 17.6 Å². The van der Waals surface area contributed by atoms with Gasteiger partial charge >= 0.3 is 11.9 Å². The van der Waals surface area contributed by atoms with Crippen LogP contribution in [0, 0.1) is 0 Å². The van der Waals surface area contributed by atoms with Gasteiger partial charge in [0.15, 0.2) is 0 Å². The van der Waals surface area contributed by atoms with Crippen LogP contribution >= 0.6 is 0 Å². The average molecular weight is 341 g/mol. The van der Waals surface area contributed by atoms with Crippen molar-refractivity contribution < 1.29 is 23.8 Å². The molecular weight excluding hydrogens is 322 g/mol. The van der Waals surface area contributed by atoms with Gasteiger partial charge in [-0.15, -0.1) is 0 Å². The molecule has 6 nitrogen and oxygen atoms in total. The lowest BCUT2D eigenvalue weighted by molar-refractivity contribution is -0.139. The highest BCUT2D eigenvalue weighted by molar-refractivity contribution is 6.05. The fraction of sp³-hybridized carbons (Fsp3) is 0.158. The number of esters is 2. The zero-order valence-corrected chi connectivity index (χ0v) is 14.1. The number of allylic oxidation sites excluding steroid dienone is 2. The van der Waals surface area contributed by atoms with E-state index in [0.29, 0.717) is 18.0 Å². The number of hydrogen-bond acceptors (Lipinski definition) is 6. The highest BCUT2D eigenvalue weighted by atomic mass is 16.5. The van der Waals surface area contributed by atoms with Crippen LogP contribution in [0.15, 0.2) is 72.6 Å². The fourth-order valence-corrected chi connectivity index (χ4v) is 2.24. The number of ether oxygens (including phenoxy) is 3. The molecule has 0 aliphatic carbocycles. The predicted molar refractivity (Wildman–Crippen MR) is 94.0 cm³/mol. The Morgan fingerprint density at radius 1 is 1.16 bits per heavy atom. The van der Waals surface area contributed by atoms with Gasteiger partial charge in [-0.25, -0.2) is 9.59 Å². The third-order valence-corrected chi connectivity index (χ3v) is 3.35. The van der Waals surface area contributed by atoms with Gasteiger partial charge in [0.25, 0.3) is 0 Å². The molecule has 0 unspecified atom stereocenters. The van der Waals surface area contributed by atoms with Crippen LogP contribution in [-0.4, -0.2) is 32.8 Å². The Labute approximate surface area is 146 Å². The Bertz CT molecular complexity index is 761. The number of hydrogen-bond donors (Lipinski definition) is 0. The van der Waals surface area contributed by atoms with Gasteiger partial charge in [-0.05, 0) is 24.3 Å². The SMILES string of the molecule is C=CCOc1cccc(N2C=CC=CC(C(=O)OC)=C2C(=O)OC)c1. The maximum Gasteiger partial charge on any atom is 0.355 e. The van der Waals surface area contributed by atoms with Crippen LogP contribution in [0.4, 0.5) is 5.69 Å². The molecule has 1 heterocycles. The van der Waals surface area contributed by atoms with Crippen molar-refractivity contribution in [3.8, 4) is 5.75 Å². The number of carbonyl (C=O) groups is 2. The summed E-state index contributed by atoms with van der Waals surface area (Å²) in [6.45, 7) is 3.97. The molecule has 0 bridgehead atoms. The van der Waals surface area contributed by atoms with Crippen molar-refractivity contribution in [2.45, 2.75) is 0 Å². The third-order valence-electron chi connectivity index (χ3n) is 3.35. The first-order valence-electron chi connectivity index (χ1n) is 7.51. The quantitative estimate of drug-likeness (QED) is 0.585. The molecule has 0 N–H and O–H groups in total. The largest absolute Gasteiger partial charge is 0.489 e. The van der Waals surface area contributed by atoms with Gasteiger partial charge < -0.3 is 19.1 Å². The first-order chi connectivity index (χ1) is 12.1. The van der Waals surface area contributed by atoms with E-state index in [1.807, 2.05) is 0 Å². The lowest BCUT2D eigenvalue weighted by Crippen LogP contribution is -2.26. The minimum atomic E-state index is -0.658. The molecule has 1 aromatic carbocycles. The number of methoxy groups -OCH3 is 2. The first kappa shape index (κ1) is 18.1. The second kappa shape index (κ2) is 8.54. The van der Waals surface area contributed by atoms with E-state index < -0.39 is 11.9 Å². The van der Waals surface area contributed by atoms with Gasteiger partial charge in [-0.3, -0.25) is 0 Å². The second-order valence-corrected chi connectivity index (χ2v) is 4.91. The summed E-state index contributed by atoms with van der Waals surface area (Å²) in [5, 5.41) is 0. The maximum absolute atomic E-state index is 12.3. The standard InChI is InChI=1S/C19H19NO5/c1-4-12-25-15-9-7-8-14(13-15)20-11-6-5-10-16(18(21)23-2)17(20)19(22)24-3/h4-11,13H,1,12H2,2-3H3. The monoisotopic (exact) mass is 341 g/mol. The van der Waals surface area contributed by atoms with Crippen LogP contribution in [0.1, 0.15) is 0 Å². The summed E-state index contributed by atoms with van der Waals surface area (Å²) in [4.78, 5) is 26.0. The van der Waals surface area contributed by atoms with Crippen molar-refractivity contribution in [1.29, 1.82) is 0 Å². The average Bonchev–Trinajstić information content (AvgIpc) is 2.88. The molecule has 1 aliphatic heterocycles. The Balaban J connectivity index is 2.55. The van der Waals surface area contributed by atoms with Gasteiger partial charge in [-0.2, -0.15) is 0 Å². The number of nitrogens with zero attached hydrogens (tertiary/aromatic N) is 1. The summed E-state index contributed by atoms with van der Waals surface area (Å²) in [7, 11) is 2.51. The smallest absolute Gasteiger partial charge is 0.355 e. The molecule has 1 aliphatic rings. The van der Waals surface area contributed by atoms with Gasteiger partial charge in [0.2, 0.25) is 0 Å². The number of benzene rings is 1. The van der Waals surface area contributed by atoms with Gasteiger partial charge in [0, 0.05) is 18.0 Å². The van der Waals surface area contributed by atoms with Crippen LogP contribution in [0.3, 0.4) is 0 Å². The van der Waals surface area contributed by atoms with E-state index in [4.69, 9.17) is 14.2 Å². The molecule has 130 valence electrons. The molecule has 0 saturated carbocycles. The van der Waals surface area contributed by atoms with E-state index in [2.05, 4.69) is 6.58 Å². The second-order valence-electron chi connectivity index (χ2n) is 4.91. The summed E-state index contributed by atoms with van der Waals surface area (Å²) in [5.74, 6) is -0.690. The number of carbonyl (C=O) groups excluding carboxylic acids is 2. The number of rotatable bonds is 6. The van der Waals surface area contributed by atoms with Crippen LogP contribution in [0.2, 0.25) is 0 Å². The molecule has 0 atom stereocenters. The van der Waals surface area contributed by atoms with Gasteiger partial charge in [0.05, 0.1) is 19.8 Å². The van der Waals surface area contributed by atoms with Crippen molar-refractivity contribution in [3.63, 3.8) is 0 Å².